The second kappa shape index (κ2) is 10.3. The lowest BCUT2D eigenvalue weighted by molar-refractivity contribution is 0.225. The number of likely N-dealkylation sites (tertiary alicyclic amines) is 1. The number of nitrogens with one attached hydrogen (secondary N) is 2. The van der Waals surface area contributed by atoms with Gasteiger partial charge in [0.2, 0.25) is 0 Å². The topological polar surface area (TPSA) is 57.5 Å². The van der Waals surface area contributed by atoms with Crippen LogP contribution in [0.3, 0.4) is 0 Å². The summed E-state index contributed by atoms with van der Waals surface area (Å²) in [5.74, 6) is 0.865. The molecule has 0 aliphatic carbocycles. The number of aliphatic imine (C=N–C) groups is 1. The molecule has 6 nitrogen and oxygen atoms in total. The van der Waals surface area contributed by atoms with Gasteiger partial charge < -0.3 is 10.6 Å². The molecule has 1 aliphatic heterocycles. The molecule has 0 atom stereocenters. The molecule has 1 fully saturated rings. The van der Waals surface area contributed by atoms with E-state index in [4.69, 9.17) is 16.6 Å². The molecule has 28 heavy (non-hydrogen) atoms. The Labute approximate surface area is 172 Å². The van der Waals surface area contributed by atoms with Gasteiger partial charge in [0.15, 0.2) is 5.96 Å². The van der Waals surface area contributed by atoms with Crippen LogP contribution in [-0.4, -0.2) is 52.9 Å². The lowest BCUT2D eigenvalue weighted by atomic mass is 10.1. The first kappa shape index (κ1) is 20.4. The maximum atomic E-state index is 5.95. The van der Waals surface area contributed by atoms with E-state index < -0.39 is 0 Å². The van der Waals surface area contributed by atoms with Crippen LogP contribution in [0.2, 0.25) is 5.02 Å². The lowest BCUT2D eigenvalue weighted by Crippen LogP contribution is -2.48. The van der Waals surface area contributed by atoms with Crippen molar-refractivity contribution in [2.24, 2.45) is 4.99 Å². The van der Waals surface area contributed by atoms with Gasteiger partial charge in [-0.1, -0.05) is 17.7 Å². The Balaban J connectivity index is 1.57. The number of piperidine rings is 1. The van der Waals surface area contributed by atoms with Crippen molar-refractivity contribution in [1.82, 2.24) is 25.3 Å². The van der Waals surface area contributed by atoms with Gasteiger partial charge >= 0.3 is 0 Å². The molecule has 1 saturated heterocycles. The van der Waals surface area contributed by atoms with E-state index in [1.807, 2.05) is 47.4 Å². The van der Waals surface area contributed by atoms with Crippen molar-refractivity contribution in [2.75, 3.05) is 26.2 Å². The first-order chi connectivity index (χ1) is 13.7. The van der Waals surface area contributed by atoms with Crippen LogP contribution in [0, 0.1) is 0 Å². The smallest absolute Gasteiger partial charge is 0.191 e. The minimum atomic E-state index is 0.454. The standard InChI is InChI=1S/C21H29ClN6/c1-3-11-27-12-9-19(10-13-27)26-21(23-4-2)24-14-17-15-25-28(16-17)20-7-5-18(22)6-8-20/h3,5-8,15-16,19H,1,4,9-14H2,2H3,(H2,23,24,26). The van der Waals surface area contributed by atoms with E-state index in [0.717, 1.165) is 61.3 Å². The fourth-order valence-corrected chi connectivity index (χ4v) is 3.43. The van der Waals surface area contributed by atoms with Gasteiger partial charge in [-0.05, 0) is 44.0 Å². The van der Waals surface area contributed by atoms with Crippen molar-refractivity contribution in [1.29, 1.82) is 0 Å². The SMILES string of the molecule is C=CCN1CCC(NC(=NCc2cnn(-c3ccc(Cl)cc3)c2)NCC)CC1. The van der Waals surface area contributed by atoms with Gasteiger partial charge in [-0.25, -0.2) is 9.67 Å². The van der Waals surface area contributed by atoms with Gasteiger partial charge in [0, 0.05) is 49.0 Å². The van der Waals surface area contributed by atoms with Crippen LogP contribution in [0.25, 0.3) is 5.69 Å². The summed E-state index contributed by atoms with van der Waals surface area (Å²) in [4.78, 5) is 7.18. The molecular weight excluding hydrogens is 372 g/mol. The second-order valence-corrected chi connectivity index (χ2v) is 7.41. The van der Waals surface area contributed by atoms with E-state index in [-0.39, 0.29) is 0 Å². The number of nitrogens with zero attached hydrogens (tertiary/aromatic N) is 4. The number of aromatic nitrogens is 2. The summed E-state index contributed by atoms with van der Waals surface area (Å²) in [5, 5.41) is 12.1. The minimum absolute atomic E-state index is 0.454. The van der Waals surface area contributed by atoms with Gasteiger partial charge in [-0.2, -0.15) is 5.10 Å². The van der Waals surface area contributed by atoms with Crippen molar-refractivity contribution < 1.29 is 0 Å². The number of rotatable bonds is 7. The number of hydrogen-bond donors (Lipinski definition) is 2. The summed E-state index contributed by atoms with van der Waals surface area (Å²) in [6.07, 6.45) is 8.07. The van der Waals surface area contributed by atoms with Crippen molar-refractivity contribution in [3.63, 3.8) is 0 Å². The lowest BCUT2D eigenvalue weighted by Gasteiger charge is -2.32. The number of guanidine groups is 1. The predicted molar refractivity (Wildman–Crippen MR) is 116 cm³/mol. The van der Waals surface area contributed by atoms with Crippen LogP contribution in [0.1, 0.15) is 25.3 Å². The molecule has 0 amide bonds. The third-order valence-electron chi connectivity index (χ3n) is 4.81. The summed E-state index contributed by atoms with van der Waals surface area (Å²) in [5.41, 5.74) is 2.05. The Morgan fingerprint density at radius 2 is 2.07 bits per heavy atom. The summed E-state index contributed by atoms with van der Waals surface area (Å²) in [6.45, 7) is 10.5. The zero-order chi connectivity index (χ0) is 19.8. The highest BCUT2D eigenvalue weighted by Gasteiger charge is 2.19. The molecule has 0 bridgehead atoms. The molecular formula is C21H29ClN6. The van der Waals surface area contributed by atoms with Crippen LogP contribution >= 0.6 is 11.6 Å². The van der Waals surface area contributed by atoms with Crippen LogP contribution in [0.4, 0.5) is 0 Å². The quantitative estimate of drug-likeness (QED) is 0.425. The van der Waals surface area contributed by atoms with Gasteiger partial charge in [-0.3, -0.25) is 4.90 Å². The van der Waals surface area contributed by atoms with E-state index in [2.05, 4.69) is 34.1 Å². The summed E-state index contributed by atoms with van der Waals surface area (Å²) in [6, 6.07) is 8.09. The van der Waals surface area contributed by atoms with E-state index in [1.165, 1.54) is 0 Å². The molecule has 0 radical (unpaired) electrons. The molecule has 0 spiro atoms. The van der Waals surface area contributed by atoms with E-state index in [9.17, 15) is 0 Å². The van der Waals surface area contributed by atoms with Gasteiger partial charge in [-0.15, -0.1) is 6.58 Å². The van der Waals surface area contributed by atoms with Crippen LogP contribution < -0.4 is 10.6 Å². The Bertz CT molecular complexity index is 774. The average Bonchev–Trinajstić information content (AvgIpc) is 3.18. The molecule has 150 valence electrons. The molecule has 1 aromatic carbocycles. The number of benzene rings is 1. The summed E-state index contributed by atoms with van der Waals surface area (Å²) in [7, 11) is 0. The maximum absolute atomic E-state index is 5.95. The van der Waals surface area contributed by atoms with Gasteiger partial charge in [0.1, 0.15) is 0 Å². The monoisotopic (exact) mass is 400 g/mol. The third-order valence-corrected chi connectivity index (χ3v) is 5.06. The van der Waals surface area contributed by atoms with Crippen LogP contribution in [0.15, 0.2) is 54.3 Å². The average molecular weight is 401 g/mol. The molecule has 1 aromatic heterocycles. The third kappa shape index (κ3) is 5.84. The molecule has 1 aliphatic rings. The molecule has 0 saturated carbocycles. The predicted octanol–water partition coefficient (Wildman–Crippen LogP) is 3.23. The zero-order valence-electron chi connectivity index (χ0n) is 16.4. The number of halogens is 1. The molecule has 3 rings (SSSR count). The van der Waals surface area contributed by atoms with Crippen LogP contribution in [-0.2, 0) is 6.54 Å². The normalized spacial score (nSPS) is 16.1. The van der Waals surface area contributed by atoms with Crippen LogP contribution in [0.5, 0.6) is 0 Å². The minimum Gasteiger partial charge on any atom is -0.357 e. The maximum Gasteiger partial charge on any atom is 0.191 e. The Morgan fingerprint density at radius 3 is 2.75 bits per heavy atom. The van der Waals surface area contributed by atoms with Gasteiger partial charge in [0.05, 0.1) is 18.4 Å². The van der Waals surface area contributed by atoms with E-state index >= 15 is 0 Å². The van der Waals surface area contributed by atoms with Crippen molar-refractivity contribution in [3.8, 4) is 5.69 Å². The highest BCUT2D eigenvalue weighted by molar-refractivity contribution is 6.30. The largest absolute Gasteiger partial charge is 0.357 e. The molecule has 2 heterocycles. The van der Waals surface area contributed by atoms with Gasteiger partial charge in [0.25, 0.3) is 0 Å². The highest BCUT2D eigenvalue weighted by Crippen LogP contribution is 2.14. The first-order valence-electron chi connectivity index (χ1n) is 9.85. The first-order valence-corrected chi connectivity index (χ1v) is 10.2. The van der Waals surface area contributed by atoms with Crippen molar-refractivity contribution in [2.45, 2.75) is 32.4 Å². The zero-order valence-corrected chi connectivity index (χ0v) is 17.2. The molecule has 0 unspecified atom stereocenters. The van der Waals surface area contributed by atoms with E-state index in [0.29, 0.717) is 12.6 Å². The number of hydrogen-bond acceptors (Lipinski definition) is 3. The molecule has 2 aromatic rings. The fourth-order valence-electron chi connectivity index (χ4n) is 3.30. The second-order valence-electron chi connectivity index (χ2n) is 6.97. The highest BCUT2D eigenvalue weighted by atomic mass is 35.5. The summed E-state index contributed by atoms with van der Waals surface area (Å²) >= 11 is 5.95. The fraction of sp³-hybridized carbons (Fsp3) is 0.429. The van der Waals surface area contributed by atoms with Crippen molar-refractivity contribution in [3.05, 3.63) is 59.9 Å². The van der Waals surface area contributed by atoms with E-state index in [1.54, 1.807) is 0 Å². The summed E-state index contributed by atoms with van der Waals surface area (Å²) < 4.78 is 1.84. The Hall–Kier alpha value is -2.31. The Kier molecular flexibility index (Phi) is 7.51. The molecule has 2 N–H and O–H groups in total. The molecule has 7 heteroatoms. The van der Waals surface area contributed by atoms with Crippen molar-refractivity contribution >= 4 is 17.6 Å². The Morgan fingerprint density at radius 1 is 1.32 bits per heavy atom.